The molecular formula is C18H23NOS. The van der Waals surface area contributed by atoms with E-state index in [0.717, 1.165) is 16.9 Å². The van der Waals surface area contributed by atoms with Gasteiger partial charge in [0.05, 0.1) is 4.88 Å². The summed E-state index contributed by atoms with van der Waals surface area (Å²) in [5, 5.41) is 5.08. The molecule has 1 aromatic heterocycles. The van der Waals surface area contributed by atoms with Gasteiger partial charge < -0.3 is 5.32 Å². The second-order valence-electron chi connectivity index (χ2n) is 6.06. The van der Waals surface area contributed by atoms with Crippen LogP contribution in [0, 0.1) is 6.92 Å². The minimum atomic E-state index is -0.0781. The highest BCUT2D eigenvalue weighted by Gasteiger charge is 2.22. The van der Waals surface area contributed by atoms with E-state index in [1.54, 1.807) is 0 Å². The van der Waals surface area contributed by atoms with Gasteiger partial charge in [0.2, 0.25) is 0 Å². The maximum absolute atomic E-state index is 12.3. The Morgan fingerprint density at radius 1 is 1.29 bits per heavy atom. The van der Waals surface area contributed by atoms with Crippen molar-refractivity contribution in [2.75, 3.05) is 6.54 Å². The molecule has 0 aliphatic carbocycles. The number of carbonyl (C=O) groups excluding carboxylic acids is 1. The maximum atomic E-state index is 12.3. The molecule has 0 atom stereocenters. The zero-order valence-corrected chi connectivity index (χ0v) is 14.0. The third-order valence-corrected chi connectivity index (χ3v) is 4.78. The van der Waals surface area contributed by atoms with Crippen LogP contribution in [0.3, 0.4) is 0 Å². The second-order valence-corrected chi connectivity index (χ2v) is 6.98. The van der Waals surface area contributed by atoms with Crippen molar-refractivity contribution in [3.05, 3.63) is 57.3 Å². The number of thiophene rings is 1. The van der Waals surface area contributed by atoms with E-state index in [1.807, 2.05) is 11.4 Å². The molecule has 0 saturated heterocycles. The first-order valence-corrected chi connectivity index (χ1v) is 8.23. The molecule has 1 amide bonds. The zero-order chi connectivity index (χ0) is 15.5. The maximum Gasteiger partial charge on any atom is 0.261 e. The second kappa shape index (κ2) is 6.44. The van der Waals surface area contributed by atoms with E-state index < -0.39 is 0 Å². The summed E-state index contributed by atoms with van der Waals surface area (Å²) in [5.41, 5.74) is 3.56. The smallest absolute Gasteiger partial charge is 0.261 e. The first-order chi connectivity index (χ1) is 9.94. The van der Waals surface area contributed by atoms with Crippen LogP contribution in [0.4, 0.5) is 0 Å². The lowest BCUT2D eigenvalue weighted by atomic mass is 9.84. The van der Waals surface area contributed by atoms with Gasteiger partial charge in [0.15, 0.2) is 0 Å². The largest absolute Gasteiger partial charge is 0.350 e. The molecular weight excluding hydrogens is 278 g/mol. The summed E-state index contributed by atoms with van der Waals surface area (Å²) >= 11 is 1.52. The third-order valence-electron chi connectivity index (χ3n) is 3.82. The van der Waals surface area contributed by atoms with Gasteiger partial charge in [0, 0.05) is 12.0 Å². The molecule has 2 rings (SSSR count). The van der Waals surface area contributed by atoms with Gasteiger partial charge in [0.1, 0.15) is 0 Å². The summed E-state index contributed by atoms with van der Waals surface area (Å²) in [5.74, 6) is 0.0441. The van der Waals surface area contributed by atoms with Gasteiger partial charge in [-0.2, -0.15) is 0 Å². The van der Waals surface area contributed by atoms with Gasteiger partial charge >= 0.3 is 0 Å². The fraction of sp³-hybridized carbons (Fsp3) is 0.389. The van der Waals surface area contributed by atoms with Crippen LogP contribution in [0.2, 0.25) is 0 Å². The first kappa shape index (κ1) is 15.8. The lowest BCUT2D eigenvalue weighted by molar-refractivity contribution is 0.0949. The highest BCUT2D eigenvalue weighted by molar-refractivity contribution is 7.12. The minimum Gasteiger partial charge on any atom is -0.350 e. The molecule has 0 spiro atoms. The molecule has 21 heavy (non-hydrogen) atoms. The van der Waals surface area contributed by atoms with Crippen molar-refractivity contribution in [1.29, 1.82) is 0 Å². The first-order valence-electron chi connectivity index (χ1n) is 7.36. The Bertz CT molecular complexity index is 628. The number of amides is 1. The SMILES string of the molecule is CCc1ccsc1C(=O)NCC(C)(C)c1cccc(C)c1. The van der Waals surface area contributed by atoms with Crippen molar-refractivity contribution >= 4 is 17.2 Å². The summed E-state index contributed by atoms with van der Waals surface area (Å²) in [6.07, 6.45) is 0.896. The molecule has 0 unspecified atom stereocenters. The number of carbonyl (C=O) groups is 1. The fourth-order valence-corrected chi connectivity index (χ4v) is 3.27. The van der Waals surface area contributed by atoms with Crippen molar-refractivity contribution in [2.24, 2.45) is 0 Å². The quantitative estimate of drug-likeness (QED) is 0.875. The van der Waals surface area contributed by atoms with E-state index >= 15 is 0 Å². The van der Waals surface area contributed by atoms with Gasteiger partial charge in [-0.1, -0.05) is 50.6 Å². The number of hydrogen-bond donors (Lipinski definition) is 1. The number of rotatable bonds is 5. The Morgan fingerprint density at radius 2 is 2.05 bits per heavy atom. The lowest BCUT2D eigenvalue weighted by Gasteiger charge is -2.26. The van der Waals surface area contributed by atoms with Crippen LogP contribution in [-0.2, 0) is 11.8 Å². The normalized spacial score (nSPS) is 11.4. The van der Waals surface area contributed by atoms with Crippen LogP contribution in [0.25, 0.3) is 0 Å². The molecule has 0 saturated carbocycles. The van der Waals surface area contributed by atoms with Crippen molar-refractivity contribution in [1.82, 2.24) is 5.32 Å². The third kappa shape index (κ3) is 3.73. The van der Waals surface area contributed by atoms with Gasteiger partial charge in [0.25, 0.3) is 5.91 Å². The highest BCUT2D eigenvalue weighted by atomic mass is 32.1. The Labute approximate surface area is 131 Å². The highest BCUT2D eigenvalue weighted by Crippen LogP contribution is 2.24. The number of benzene rings is 1. The van der Waals surface area contributed by atoms with Crippen molar-refractivity contribution < 1.29 is 4.79 Å². The van der Waals surface area contributed by atoms with Crippen LogP contribution < -0.4 is 5.32 Å². The Kier molecular flexibility index (Phi) is 4.84. The molecule has 3 heteroatoms. The molecule has 112 valence electrons. The molecule has 0 radical (unpaired) electrons. The van der Waals surface area contributed by atoms with Crippen LogP contribution >= 0.6 is 11.3 Å². The van der Waals surface area contributed by atoms with Crippen molar-refractivity contribution in [3.63, 3.8) is 0 Å². The summed E-state index contributed by atoms with van der Waals surface area (Å²) in [6, 6.07) is 10.5. The molecule has 0 aliphatic heterocycles. The minimum absolute atomic E-state index is 0.0441. The monoisotopic (exact) mass is 301 g/mol. The zero-order valence-electron chi connectivity index (χ0n) is 13.2. The molecule has 0 aliphatic rings. The van der Waals surface area contributed by atoms with E-state index in [0.29, 0.717) is 6.54 Å². The average molecular weight is 301 g/mol. The van der Waals surface area contributed by atoms with Crippen LogP contribution in [0.5, 0.6) is 0 Å². The number of hydrogen-bond acceptors (Lipinski definition) is 2. The summed E-state index contributed by atoms with van der Waals surface area (Å²) in [7, 11) is 0. The summed E-state index contributed by atoms with van der Waals surface area (Å²) in [6.45, 7) is 9.14. The lowest BCUT2D eigenvalue weighted by Crippen LogP contribution is -2.36. The Balaban J connectivity index is 2.06. The van der Waals surface area contributed by atoms with Gasteiger partial charge in [-0.15, -0.1) is 11.3 Å². The van der Waals surface area contributed by atoms with E-state index in [4.69, 9.17) is 0 Å². The van der Waals surface area contributed by atoms with E-state index in [9.17, 15) is 4.79 Å². The number of nitrogens with one attached hydrogen (secondary N) is 1. The predicted octanol–water partition coefficient (Wildman–Crippen LogP) is 4.33. The van der Waals surface area contributed by atoms with E-state index in [1.165, 1.54) is 22.5 Å². The Hall–Kier alpha value is -1.61. The van der Waals surface area contributed by atoms with Crippen molar-refractivity contribution in [3.8, 4) is 0 Å². The standard InChI is InChI=1S/C18H23NOS/c1-5-14-9-10-21-16(14)17(20)19-12-18(3,4)15-8-6-7-13(2)11-15/h6-11H,5,12H2,1-4H3,(H,19,20). The summed E-state index contributed by atoms with van der Waals surface area (Å²) in [4.78, 5) is 13.2. The van der Waals surface area contributed by atoms with E-state index in [-0.39, 0.29) is 11.3 Å². The van der Waals surface area contributed by atoms with Crippen LogP contribution in [-0.4, -0.2) is 12.5 Å². The molecule has 0 bridgehead atoms. The van der Waals surface area contributed by atoms with Crippen molar-refractivity contribution in [2.45, 2.75) is 39.5 Å². The molecule has 2 nitrogen and oxygen atoms in total. The topological polar surface area (TPSA) is 29.1 Å². The number of aryl methyl sites for hydroxylation is 2. The molecule has 1 heterocycles. The average Bonchev–Trinajstić information content (AvgIpc) is 2.93. The predicted molar refractivity (Wildman–Crippen MR) is 90.2 cm³/mol. The van der Waals surface area contributed by atoms with Gasteiger partial charge in [-0.3, -0.25) is 4.79 Å². The molecule has 0 fully saturated rings. The van der Waals surface area contributed by atoms with Gasteiger partial charge in [-0.25, -0.2) is 0 Å². The fourth-order valence-electron chi connectivity index (χ4n) is 2.36. The van der Waals surface area contributed by atoms with E-state index in [2.05, 4.69) is 57.3 Å². The molecule has 2 aromatic rings. The molecule has 1 N–H and O–H groups in total. The Morgan fingerprint density at radius 3 is 2.71 bits per heavy atom. The molecule has 1 aromatic carbocycles. The van der Waals surface area contributed by atoms with Crippen LogP contribution in [0.15, 0.2) is 35.7 Å². The summed E-state index contributed by atoms with van der Waals surface area (Å²) < 4.78 is 0. The van der Waals surface area contributed by atoms with Crippen LogP contribution in [0.1, 0.15) is 47.1 Å². The van der Waals surface area contributed by atoms with Gasteiger partial charge in [-0.05, 0) is 35.9 Å².